The third-order valence-electron chi connectivity index (χ3n) is 3.83. The van der Waals surface area contributed by atoms with Gasteiger partial charge in [-0.2, -0.15) is 0 Å². The van der Waals surface area contributed by atoms with Crippen molar-refractivity contribution in [3.63, 3.8) is 0 Å². The van der Waals surface area contributed by atoms with Crippen LogP contribution in [0.2, 0.25) is 0 Å². The molecular formula is C14H19FN2O2. The number of carbonyl (C=O) groups excluding carboxylic acids is 1. The van der Waals surface area contributed by atoms with Gasteiger partial charge >= 0.3 is 0 Å². The first-order valence-corrected chi connectivity index (χ1v) is 6.36. The average molecular weight is 266 g/mol. The van der Waals surface area contributed by atoms with Gasteiger partial charge in [0.1, 0.15) is 5.82 Å². The van der Waals surface area contributed by atoms with Gasteiger partial charge in [0, 0.05) is 17.1 Å². The van der Waals surface area contributed by atoms with E-state index >= 15 is 0 Å². The molecule has 1 aliphatic carbocycles. The number of aliphatic hydroxyl groups is 1. The van der Waals surface area contributed by atoms with Crippen molar-refractivity contribution in [2.45, 2.75) is 32.4 Å². The lowest BCUT2D eigenvalue weighted by Crippen LogP contribution is -2.60. The number of nitrogens with one attached hydrogen (secondary N) is 2. The fourth-order valence-electron chi connectivity index (χ4n) is 2.24. The minimum absolute atomic E-state index is 0.126. The number of benzene rings is 1. The molecule has 19 heavy (non-hydrogen) atoms. The highest BCUT2D eigenvalue weighted by molar-refractivity contribution is 5.92. The van der Waals surface area contributed by atoms with Crippen molar-refractivity contribution in [2.24, 2.45) is 5.41 Å². The molecule has 0 heterocycles. The van der Waals surface area contributed by atoms with E-state index in [2.05, 4.69) is 10.6 Å². The van der Waals surface area contributed by atoms with Gasteiger partial charge < -0.3 is 15.7 Å². The molecule has 2 unspecified atom stereocenters. The normalized spacial score (nSPS) is 24.6. The molecule has 4 nitrogen and oxygen atoms in total. The molecule has 3 N–H and O–H groups in total. The predicted molar refractivity (Wildman–Crippen MR) is 71.2 cm³/mol. The first-order chi connectivity index (χ1) is 8.89. The van der Waals surface area contributed by atoms with Crippen molar-refractivity contribution >= 4 is 11.6 Å². The summed E-state index contributed by atoms with van der Waals surface area (Å²) < 4.78 is 12.9. The largest absolute Gasteiger partial charge is 0.392 e. The Labute approximate surface area is 112 Å². The quantitative estimate of drug-likeness (QED) is 0.774. The van der Waals surface area contributed by atoms with Crippen LogP contribution in [0.3, 0.4) is 0 Å². The van der Waals surface area contributed by atoms with Crippen LogP contribution in [-0.2, 0) is 4.79 Å². The maximum atomic E-state index is 12.9. The van der Waals surface area contributed by atoms with E-state index in [-0.39, 0.29) is 35.8 Å². The van der Waals surface area contributed by atoms with Crippen LogP contribution < -0.4 is 10.6 Å². The van der Waals surface area contributed by atoms with Gasteiger partial charge in [-0.15, -0.1) is 0 Å². The van der Waals surface area contributed by atoms with Gasteiger partial charge in [0.2, 0.25) is 5.91 Å². The molecule has 5 heteroatoms. The molecular weight excluding hydrogens is 247 g/mol. The van der Waals surface area contributed by atoms with E-state index in [1.165, 1.54) is 12.1 Å². The van der Waals surface area contributed by atoms with E-state index in [9.17, 15) is 14.3 Å². The van der Waals surface area contributed by atoms with E-state index in [1.807, 2.05) is 13.8 Å². The first-order valence-electron chi connectivity index (χ1n) is 6.36. The number of carbonyl (C=O) groups is 1. The molecule has 0 saturated heterocycles. The molecule has 1 aromatic rings. The maximum Gasteiger partial charge on any atom is 0.238 e. The van der Waals surface area contributed by atoms with Crippen LogP contribution in [0.1, 0.15) is 20.3 Å². The highest BCUT2D eigenvalue weighted by Crippen LogP contribution is 2.40. The third kappa shape index (κ3) is 3.11. The molecule has 1 amide bonds. The summed E-state index contributed by atoms with van der Waals surface area (Å²) in [5.74, 6) is -0.600. The van der Waals surface area contributed by atoms with Crippen molar-refractivity contribution < 1.29 is 14.3 Å². The van der Waals surface area contributed by atoms with Gasteiger partial charge in [-0.25, -0.2) is 4.39 Å². The van der Waals surface area contributed by atoms with Crippen LogP contribution >= 0.6 is 0 Å². The Hall–Kier alpha value is -1.46. The summed E-state index contributed by atoms with van der Waals surface area (Å²) in [4.78, 5) is 11.7. The topological polar surface area (TPSA) is 61.4 Å². The molecule has 0 aromatic heterocycles. The molecule has 1 fully saturated rings. The van der Waals surface area contributed by atoms with E-state index in [1.54, 1.807) is 12.1 Å². The zero-order valence-corrected chi connectivity index (χ0v) is 11.1. The molecule has 0 spiro atoms. The van der Waals surface area contributed by atoms with E-state index in [4.69, 9.17) is 0 Å². The SMILES string of the molecule is CC1(C)C(O)CC1NCC(=O)Nc1cccc(F)c1. The Bertz CT molecular complexity index is 476. The summed E-state index contributed by atoms with van der Waals surface area (Å²) in [6, 6.07) is 5.91. The van der Waals surface area contributed by atoms with Gasteiger partial charge in [0.05, 0.1) is 12.6 Å². The predicted octanol–water partition coefficient (Wildman–Crippen LogP) is 1.51. The molecule has 1 saturated carbocycles. The molecule has 0 radical (unpaired) electrons. The molecule has 1 aliphatic rings. The Morgan fingerprint density at radius 2 is 2.26 bits per heavy atom. The summed E-state index contributed by atoms with van der Waals surface area (Å²) in [7, 11) is 0. The minimum atomic E-state index is -0.381. The molecule has 2 atom stereocenters. The molecule has 0 aliphatic heterocycles. The van der Waals surface area contributed by atoms with Crippen LogP contribution in [0, 0.1) is 11.2 Å². The second-order valence-corrected chi connectivity index (χ2v) is 5.56. The highest BCUT2D eigenvalue weighted by Gasteiger charge is 2.46. The number of rotatable bonds is 4. The summed E-state index contributed by atoms with van der Waals surface area (Å²) in [6.45, 7) is 4.07. The molecule has 104 valence electrons. The first kappa shape index (κ1) is 14.0. The van der Waals surface area contributed by atoms with Gasteiger partial charge in [0.15, 0.2) is 0 Å². The second kappa shape index (κ2) is 5.27. The zero-order valence-electron chi connectivity index (χ0n) is 11.1. The van der Waals surface area contributed by atoms with Crippen LogP contribution in [0.4, 0.5) is 10.1 Å². The van der Waals surface area contributed by atoms with Gasteiger partial charge in [0.25, 0.3) is 0 Å². The molecule has 1 aromatic carbocycles. The summed E-state index contributed by atoms with van der Waals surface area (Å²) in [5, 5.41) is 15.3. The van der Waals surface area contributed by atoms with Crippen molar-refractivity contribution in [1.29, 1.82) is 0 Å². The van der Waals surface area contributed by atoms with Crippen molar-refractivity contribution in [1.82, 2.24) is 5.32 Å². The van der Waals surface area contributed by atoms with Crippen molar-refractivity contribution in [3.05, 3.63) is 30.1 Å². The molecule has 2 rings (SSSR count). The van der Waals surface area contributed by atoms with Crippen LogP contribution in [0.15, 0.2) is 24.3 Å². The Balaban J connectivity index is 1.80. The van der Waals surface area contributed by atoms with E-state index in [0.717, 1.165) is 0 Å². The van der Waals surface area contributed by atoms with Gasteiger partial charge in [-0.05, 0) is 24.6 Å². The summed E-state index contributed by atoms with van der Waals surface area (Å²) in [5.41, 5.74) is 0.235. The average Bonchev–Trinajstić information content (AvgIpc) is 2.34. The van der Waals surface area contributed by atoms with Gasteiger partial charge in [-0.3, -0.25) is 4.79 Å². The Morgan fingerprint density at radius 3 is 2.84 bits per heavy atom. The van der Waals surface area contributed by atoms with E-state index < -0.39 is 0 Å². The number of amides is 1. The van der Waals surface area contributed by atoms with E-state index in [0.29, 0.717) is 12.1 Å². The Kier molecular flexibility index (Phi) is 3.87. The maximum absolute atomic E-state index is 12.9. The number of anilines is 1. The summed E-state index contributed by atoms with van der Waals surface area (Å²) >= 11 is 0. The number of hydrogen-bond acceptors (Lipinski definition) is 3. The van der Waals surface area contributed by atoms with Gasteiger partial charge in [-0.1, -0.05) is 19.9 Å². The van der Waals surface area contributed by atoms with Crippen LogP contribution in [0.25, 0.3) is 0 Å². The number of hydrogen-bond donors (Lipinski definition) is 3. The Morgan fingerprint density at radius 1 is 1.53 bits per heavy atom. The smallest absolute Gasteiger partial charge is 0.238 e. The van der Waals surface area contributed by atoms with Crippen molar-refractivity contribution in [3.8, 4) is 0 Å². The standard InChI is InChI=1S/C14H19FN2O2/c1-14(2)11(7-12(14)18)16-8-13(19)17-10-5-3-4-9(15)6-10/h3-6,11-12,16,18H,7-8H2,1-2H3,(H,17,19). The highest BCUT2D eigenvalue weighted by atomic mass is 19.1. The monoisotopic (exact) mass is 266 g/mol. The fourth-order valence-corrected chi connectivity index (χ4v) is 2.24. The zero-order chi connectivity index (χ0) is 14.0. The fraction of sp³-hybridized carbons (Fsp3) is 0.500. The lowest BCUT2D eigenvalue weighted by atomic mass is 9.64. The third-order valence-corrected chi connectivity index (χ3v) is 3.83. The number of aliphatic hydroxyl groups excluding tert-OH is 1. The van der Waals surface area contributed by atoms with Crippen LogP contribution in [-0.4, -0.2) is 29.7 Å². The molecule has 0 bridgehead atoms. The lowest BCUT2D eigenvalue weighted by Gasteiger charge is -2.49. The second-order valence-electron chi connectivity index (χ2n) is 5.56. The van der Waals surface area contributed by atoms with Crippen LogP contribution in [0.5, 0.6) is 0 Å². The minimum Gasteiger partial charge on any atom is -0.392 e. The summed E-state index contributed by atoms with van der Waals surface area (Å²) in [6.07, 6.45) is 0.330. The lowest BCUT2D eigenvalue weighted by molar-refractivity contribution is -0.117. The number of halogens is 1. The van der Waals surface area contributed by atoms with Crippen molar-refractivity contribution in [2.75, 3.05) is 11.9 Å².